The van der Waals surface area contributed by atoms with Crippen molar-refractivity contribution >= 4 is 28.9 Å². The summed E-state index contributed by atoms with van der Waals surface area (Å²) >= 11 is 1.26. The monoisotopic (exact) mass is 291 g/mol. The highest BCUT2D eigenvalue weighted by atomic mass is 32.1. The quantitative estimate of drug-likeness (QED) is 0.940. The van der Waals surface area contributed by atoms with Gasteiger partial charge in [0.1, 0.15) is 10.6 Å². The van der Waals surface area contributed by atoms with Gasteiger partial charge in [0, 0.05) is 7.05 Å². The van der Waals surface area contributed by atoms with E-state index in [2.05, 4.69) is 0 Å². The number of rotatable bonds is 4. The maximum absolute atomic E-state index is 12.4. The van der Waals surface area contributed by atoms with Gasteiger partial charge >= 0.3 is 5.97 Å². The number of hydrogen-bond acceptors (Lipinski definition) is 4. The second kappa shape index (κ2) is 5.75. The number of methoxy groups -OCH3 is 1. The maximum Gasteiger partial charge on any atom is 0.337 e. The Kier molecular flexibility index (Phi) is 4.05. The molecule has 0 unspecified atom stereocenters. The van der Waals surface area contributed by atoms with Gasteiger partial charge < -0.3 is 14.7 Å². The predicted molar refractivity (Wildman–Crippen MR) is 77.0 cm³/mol. The third kappa shape index (κ3) is 2.50. The molecule has 0 spiro atoms. The van der Waals surface area contributed by atoms with E-state index in [1.807, 2.05) is 0 Å². The first-order valence-electron chi connectivity index (χ1n) is 5.78. The number of thiophene rings is 1. The molecule has 1 N–H and O–H groups in total. The molecule has 0 aliphatic rings. The smallest absolute Gasteiger partial charge is 0.337 e. The molecule has 0 aliphatic heterocycles. The summed E-state index contributed by atoms with van der Waals surface area (Å²) in [7, 11) is 3.04. The third-order valence-corrected chi connectivity index (χ3v) is 3.73. The minimum Gasteiger partial charge on any atom is -0.495 e. The van der Waals surface area contributed by atoms with Crippen LogP contribution < -0.4 is 9.64 Å². The average Bonchev–Trinajstić information content (AvgIpc) is 2.94. The van der Waals surface area contributed by atoms with Crippen molar-refractivity contribution in [3.05, 3.63) is 46.2 Å². The second-order valence-corrected chi connectivity index (χ2v) is 4.92. The molecule has 5 nitrogen and oxygen atoms in total. The number of ether oxygens (including phenoxy) is 1. The Morgan fingerprint density at radius 3 is 2.60 bits per heavy atom. The molecular formula is C14H13NO4S. The van der Waals surface area contributed by atoms with Gasteiger partial charge in [0.25, 0.3) is 5.91 Å². The summed E-state index contributed by atoms with van der Waals surface area (Å²) in [6.45, 7) is 0. The van der Waals surface area contributed by atoms with E-state index in [0.717, 1.165) is 0 Å². The summed E-state index contributed by atoms with van der Waals surface area (Å²) in [6, 6.07) is 8.08. The molecule has 2 aromatic rings. The van der Waals surface area contributed by atoms with Crippen LogP contribution in [0.1, 0.15) is 20.0 Å². The van der Waals surface area contributed by atoms with Crippen LogP contribution in [0.5, 0.6) is 5.75 Å². The van der Waals surface area contributed by atoms with Crippen molar-refractivity contribution in [3.63, 3.8) is 0 Å². The lowest BCUT2D eigenvalue weighted by atomic mass is 10.1. The summed E-state index contributed by atoms with van der Waals surface area (Å²) in [4.78, 5) is 25.4. The topological polar surface area (TPSA) is 66.8 Å². The number of nitrogens with zero attached hydrogens (tertiary/aromatic N) is 1. The number of anilines is 1. The fourth-order valence-electron chi connectivity index (χ4n) is 1.82. The van der Waals surface area contributed by atoms with Gasteiger partial charge in [-0.1, -0.05) is 12.1 Å². The van der Waals surface area contributed by atoms with E-state index in [0.29, 0.717) is 16.3 Å². The molecule has 6 heteroatoms. The zero-order valence-electron chi connectivity index (χ0n) is 11.0. The lowest BCUT2D eigenvalue weighted by Gasteiger charge is -2.19. The average molecular weight is 291 g/mol. The summed E-state index contributed by atoms with van der Waals surface area (Å²) in [5, 5.41) is 10.9. The van der Waals surface area contributed by atoms with Crippen molar-refractivity contribution in [1.82, 2.24) is 0 Å². The summed E-state index contributed by atoms with van der Waals surface area (Å²) in [5.74, 6) is -0.886. The summed E-state index contributed by atoms with van der Waals surface area (Å²) in [6.07, 6.45) is 0. The second-order valence-electron chi connectivity index (χ2n) is 4.00. The Balaban J connectivity index is 2.39. The minimum atomic E-state index is -1.07. The molecule has 0 bridgehead atoms. The molecule has 20 heavy (non-hydrogen) atoms. The third-order valence-electron chi connectivity index (χ3n) is 2.84. The molecule has 1 aromatic heterocycles. The van der Waals surface area contributed by atoms with Crippen molar-refractivity contribution in [3.8, 4) is 5.75 Å². The van der Waals surface area contributed by atoms with Crippen LogP contribution in [0.4, 0.5) is 5.69 Å². The van der Waals surface area contributed by atoms with E-state index in [1.165, 1.54) is 29.4 Å². The molecule has 0 aliphatic carbocycles. The Morgan fingerprint density at radius 1 is 1.25 bits per heavy atom. The van der Waals surface area contributed by atoms with E-state index in [1.54, 1.807) is 36.7 Å². The molecule has 1 aromatic carbocycles. The molecule has 0 fully saturated rings. The molecule has 0 saturated carbocycles. The Hall–Kier alpha value is -2.34. The molecular weight excluding hydrogens is 278 g/mol. The number of carbonyl (C=O) groups excluding carboxylic acids is 1. The number of carboxylic acid groups (broad SMARTS) is 1. The maximum atomic E-state index is 12.4. The lowest BCUT2D eigenvalue weighted by molar-refractivity contribution is 0.0697. The lowest BCUT2D eigenvalue weighted by Crippen LogP contribution is -2.27. The standard InChI is InChI=1S/C14H13NO4S/c1-15(10-6-4-3-5-9(10)14(17)18)13(16)12-11(19-2)7-8-20-12/h3-8H,1-2H3,(H,17,18). The van der Waals surface area contributed by atoms with Gasteiger partial charge in [-0.05, 0) is 23.6 Å². The molecule has 0 saturated heterocycles. The molecule has 1 heterocycles. The first-order valence-corrected chi connectivity index (χ1v) is 6.66. The zero-order valence-corrected chi connectivity index (χ0v) is 11.8. The highest BCUT2D eigenvalue weighted by Crippen LogP contribution is 2.28. The van der Waals surface area contributed by atoms with E-state index < -0.39 is 5.97 Å². The Labute approximate surface area is 120 Å². The highest BCUT2D eigenvalue weighted by Gasteiger charge is 2.22. The SMILES string of the molecule is COc1ccsc1C(=O)N(C)c1ccccc1C(=O)O. The van der Waals surface area contributed by atoms with Crippen molar-refractivity contribution in [2.45, 2.75) is 0 Å². The van der Waals surface area contributed by atoms with Crippen LogP contribution in [0.2, 0.25) is 0 Å². The van der Waals surface area contributed by atoms with Crippen LogP contribution >= 0.6 is 11.3 Å². The Bertz CT molecular complexity index is 650. The fraction of sp³-hybridized carbons (Fsp3) is 0.143. The largest absolute Gasteiger partial charge is 0.495 e. The number of carbonyl (C=O) groups is 2. The van der Waals surface area contributed by atoms with Gasteiger partial charge in [-0.25, -0.2) is 4.79 Å². The molecule has 2 rings (SSSR count). The minimum absolute atomic E-state index is 0.0823. The fourth-order valence-corrected chi connectivity index (χ4v) is 2.66. The van der Waals surface area contributed by atoms with Gasteiger partial charge in [0.2, 0.25) is 0 Å². The first-order chi connectivity index (χ1) is 9.56. The van der Waals surface area contributed by atoms with E-state index in [9.17, 15) is 9.59 Å². The highest BCUT2D eigenvalue weighted by molar-refractivity contribution is 7.12. The van der Waals surface area contributed by atoms with Crippen molar-refractivity contribution in [2.75, 3.05) is 19.1 Å². The molecule has 0 atom stereocenters. The predicted octanol–water partition coefficient (Wildman–Crippen LogP) is 2.73. The number of aromatic carboxylic acids is 1. The zero-order chi connectivity index (χ0) is 14.7. The van der Waals surface area contributed by atoms with Gasteiger partial charge in [-0.3, -0.25) is 4.79 Å². The van der Waals surface area contributed by atoms with Crippen LogP contribution in [0.25, 0.3) is 0 Å². The van der Waals surface area contributed by atoms with Crippen molar-refractivity contribution in [2.24, 2.45) is 0 Å². The van der Waals surface area contributed by atoms with Crippen LogP contribution in [-0.2, 0) is 0 Å². The van der Waals surface area contributed by atoms with Gasteiger partial charge in [-0.2, -0.15) is 0 Å². The summed E-state index contributed by atoms with van der Waals surface area (Å²) in [5.41, 5.74) is 0.430. The number of benzene rings is 1. The number of para-hydroxylation sites is 1. The van der Waals surface area contributed by atoms with Gasteiger partial charge in [0.15, 0.2) is 0 Å². The number of carboxylic acids is 1. The molecule has 0 radical (unpaired) electrons. The molecule has 1 amide bonds. The van der Waals surface area contributed by atoms with Crippen LogP contribution in [-0.4, -0.2) is 31.1 Å². The summed E-state index contributed by atoms with van der Waals surface area (Å²) < 4.78 is 5.12. The van der Waals surface area contributed by atoms with E-state index >= 15 is 0 Å². The van der Waals surface area contributed by atoms with Crippen LogP contribution in [0, 0.1) is 0 Å². The Morgan fingerprint density at radius 2 is 1.95 bits per heavy atom. The van der Waals surface area contributed by atoms with E-state index in [-0.39, 0.29) is 11.5 Å². The van der Waals surface area contributed by atoms with Gasteiger partial charge in [-0.15, -0.1) is 11.3 Å². The van der Waals surface area contributed by atoms with E-state index in [4.69, 9.17) is 9.84 Å². The van der Waals surface area contributed by atoms with Crippen molar-refractivity contribution < 1.29 is 19.4 Å². The van der Waals surface area contributed by atoms with Crippen LogP contribution in [0.3, 0.4) is 0 Å². The van der Waals surface area contributed by atoms with Crippen molar-refractivity contribution in [1.29, 1.82) is 0 Å². The molecule has 104 valence electrons. The normalized spacial score (nSPS) is 10.1. The van der Waals surface area contributed by atoms with Gasteiger partial charge in [0.05, 0.1) is 18.4 Å². The number of hydrogen-bond donors (Lipinski definition) is 1. The number of amides is 1. The van der Waals surface area contributed by atoms with Crippen LogP contribution in [0.15, 0.2) is 35.7 Å². The first kappa shape index (κ1) is 14.1.